The maximum Gasteiger partial charge on any atom is 0.337 e. The van der Waals surface area contributed by atoms with E-state index in [1.165, 1.54) is 0 Å². The predicted octanol–water partition coefficient (Wildman–Crippen LogP) is 2.22. The van der Waals surface area contributed by atoms with Crippen LogP contribution in [-0.4, -0.2) is 59.5 Å². The van der Waals surface area contributed by atoms with Gasteiger partial charge in [0.1, 0.15) is 12.4 Å². The number of likely N-dealkylation sites (N-methyl/N-ethyl adjacent to an activating group) is 1. The molecule has 8 heteroatoms. The number of aromatic nitrogens is 2. The first kappa shape index (κ1) is 21.2. The van der Waals surface area contributed by atoms with E-state index in [1.54, 1.807) is 0 Å². The fraction of sp³-hybridized carbons (Fsp3) is 0.385. The van der Waals surface area contributed by atoms with Gasteiger partial charge in [-0.15, -0.1) is 0 Å². The molecule has 0 saturated carbocycles. The molecule has 0 unspecified atom stereocenters. The van der Waals surface area contributed by atoms with Gasteiger partial charge in [-0.25, -0.2) is 4.79 Å². The molecule has 3 aromatic rings. The Morgan fingerprint density at radius 2 is 2.09 bits per heavy atom. The van der Waals surface area contributed by atoms with E-state index >= 15 is 0 Å². The van der Waals surface area contributed by atoms with Gasteiger partial charge in [-0.1, -0.05) is 6.07 Å². The van der Waals surface area contributed by atoms with E-state index in [2.05, 4.69) is 40.0 Å². The second kappa shape index (κ2) is 7.58. The number of ether oxygens (including phenoxy) is 1. The SMILES string of the molecule is CN1CCOc2cc(-c3cc4c(cn3)CCc3c(C(=O)O)c(CC5(N)CNC5)n(C)c3-4)ccc21. The molecule has 1 aromatic carbocycles. The van der Waals surface area contributed by atoms with Crippen molar-refractivity contribution in [2.75, 3.05) is 38.2 Å². The number of benzene rings is 1. The maximum atomic E-state index is 12.4. The number of nitrogens with one attached hydrogen (secondary N) is 1. The minimum absolute atomic E-state index is 0.401. The molecule has 4 N–H and O–H groups in total. The van der Waals surface area contributed by atoms with Gasteiger partial charge in [-0.3, -0.25) is 4.98 Å². The van der Waals surface area contributed by atoms with Crippen LogP contribution in [0.5, 0.6) is 5.75 Å². The zero-order valence-corrected chi connectivity index (χ0v) is 19.5. The molecule has 0 amide bonds. The summed E-state index contributed by atoms with van der Waals surface area (Å²) in [6.07, 6.45) is 3.93. The van der Waals surface area contributed by atoms with Gasteiger partial charge in [-0.2, -0.15) is 0 Å². The molecule has 1 saturated heterocycles. The van der Waals surface area contributed by atoms with Gasteiger partial charge in [0.2, 0.25) is 0 Å². The van der Waals surface area contributed by atoms with Crippen molar-refractivity contribution in [3.05, 3.63) is 52.8 Å². The van der Waals surface area contributed by atoms with Gasteiger partial charge in [-0.05, 0) is 42.2 Å². The van der Waals surface area contributed by atoms with E-state index in [4.69, 9.17) is 15.5 Å². The minimum atomic E-state index is -0.878. The summed E-state index contributed by atoms with van der Waals surface area (Å²) < 4.78 is 7.95. The monoisotopic (exact) mass is 459 g/mol. The average Bonchev–Trinajstić information content (AvgIpc) is 3.09. The van der Waals surface area contributed by atoms with Gasteiger partial charge < -0.3 is 30.4 Å². The van der Waals surface area contributed by atoms with Crippen molar-refractivity contribution in [2.24, 2.45) is 12.8 Å². The van der Waals surface area contributed by atoms with Gasteiger partial charge in [0.15, 0.2) is 0 Å². The molecule has 1 aliphatic carbocycles. The molecule has 1 fully saturated rings. The number of anilines is 1. The second-order valence-corrected chi connectivity index (χ2v) is 9.83. The Morgan fingerprint density at radius 1 is 1.26 bits per heavy atom. The summed E-state index contributed by atoms with van der Waals surface area (Å²) >= 11 is 0. The van der Waals surface area contributed by atoms with Crippen molar-refractivity contribution in [2.45, 2.75) is 24.8 Å². The second-order valence-electron chi connectivity index (χ2n) is 9.83. The van der Waals surface area contributed by atoms with E-state index in [0.717, 1.165) is 63.7 Å². The Bertz CT molecular complexity index is 1320. The first-order chi connectivity index (χ1) is 16.3. The van der Waals surface area contributed by atoms with E-state index < -0.39 is 11.5 Å². The number of nitrogens with zero attached hydrogens (tertiary/aromatic N) is 3. The van der Waals surface area contributed by atoms with Crippen molar-refractivity contribution in [3.8, 4) is 28.3 Å². The first-order valence-corrected chi connectivity index (χ1v) is 11.8. The quantitative estimate of drug-likeness (QED) is 0.549. The van der Waals surface area contributed by atoms with E-state index in [1.807, 2.05) is 19.3 Å². The van der Waals surface area contributed by atoms with Crippen molar-refractivity contribution in [3.63, 3.8) is 0 Å². The molecule has 8 nitrogen and oxygen atoms in total. The fourth-order valence-electron chi connectivity index (χ4n) is 5.59. The molecule has 0 radical (unpaired) electrons. The van der Waals surface area contributed by atoms with Crippen LogP contribution in [-0.2, 0) is 26.3 Å². The maximum absolute atomic E-state index is 12.4. The highest BCUT2D eigenvalue weighted by atomic mass is 16.5. The number of aromatic carboxylic acids is 1. The lowest BCUT2D eigenvalue weighted by molar-refractivity contribution is 0.0693. The number of pyridine rings is 1. The lowest BCUT2D eigenvalue weighted by Gasteiger charge is -2.39. The summed E-state index contributed by atoms with van der Waals surface area (Å²) in [6, 6.07) is 8.29. The van der Waals surface area contributed by atoms with Crippen LogP contribution in [0, 0.1) is 0 Å². The Hall–Kier alpha value is -3.36. The fourth-order valence-corrected chi connectivity index (χ4v) is 5.59. The first-order valence-electron chi connectivity index (χ1n) is 11.8. The molecular weight excluding hydrogens is 430 g/mol. The Balaban J connectivity index is 1.46. The largest absolute Gasteiger partial charge is 0.490 e. The smallest absolute Gasteiger partial charge is 0.337 e. The van der Waals surface area contributed by atoms with E-state index in [9.17, 15) is 9.90 Å². The van der Waals surface area contributed by atoms with Crippen molar-refractivity contribution in [1.29, 1.82) is 0 Å². The van der Waals surface area contributed by atoms with Crippen LogP contribution in [0.4, 0.5) is 5.69 Å². The topological polar surface area (TPSA) is 106 Å². The molecule has 6 rings (SSSR count). The van der Waals surface area contributed by atoms with Crippen molar-refractivity contribution in [1.82, 2.24) is 14.9 Å². The third-order valence-corrected chi connectivity index (χ3v) is 7.54. The van der Waals surface area contributed by atoms with Crippen molar-refractivity contribution >= 4 is 11.7 Å². The normalized spacial score (nSPS) is 17.8. The molecule has 2 aliphatic heterocycles. The number of hydrogen-bond acceptors (Lipinski definition) is 6. The number of hydrogen-bond donors (Lipinski definition) is 3. The third kappa shape index (κ3) is 3.20. The number of aryl methyl sites for hydroxylation is 1. The summed E-state index contributed by atoms with van der Waals surface area (Å²) in [7, 11) is 4.03. The number of nitrogens with two attached hydrogens (primary N) is 1. The van der Waals surface area contributed by atoms with Gasteiger partial charge in [0.05, 0.1) is 29.2 Å². The van der Waals surface area contributed by atoms with Gasteiger partial charge >= 0.3 is 5.97 Å². The van der Waals surface area contributed by atoms with Crippen LogP contribution < -0.4 is 20.7 Å². The number of fused-ring (bicyclic) bond motifs is 4. The third-order valence-electron chi connectivity index (χ3n) is 7.54. The summed E-state index contributed by atoms with van der Waals surface area (Å²) in [4.78, 5) is 19.3. The molecule has 34 heavy (non-hydrogen) atoms. The van der Waals surface area contributed by atoms with Gasteiger partial charge in [0, 0.05) is 62.2 Å². The Labute approximate surface area is 198 Å². The van der Waals surface area contributed by atoms with E-state index in [-0.39, 0.29) is 0 Å². The van der Waals surface area contributed by atoms with Crippen LogP contribution in [0.3, 0.4) is 0 Å². The number of carboxylic acids is 1. The van der Waals surface area contributed by atoms with Crippen LogP contribution in [0.25, 0.3) is 22.5 Å². The standard InChI is InChI=1S/C26H29N5O3/c1-30-7-8-34-22-9-15(4-6-20(22)30)19-10-18-16(12-29-19)3-5-17-23(25(32)33)21(31(2)24(17)18)11-26(27)13-28-14-26/h4,6,9-10,12,28H,3,5,7-8,11,13-14,27H2,1-2H3,(H,32,33). The zero-order chi connectivity index (χ0) is 23.6. The molecule has 3 aliphatic rings. The minimum Gasteiger partial charge on any atom is -0.490 e. The van der Waals surface area contributed by atoms with Crippen molar-refractivity contribution < 1.29 is 14.6 Å². The number of rotatable bonds is 4. The highest BCUT2D eigenvalue weighted by Gasteiger charge is 2.38. The van der Waals surface area contributed by atoms with E-state index in [0.29, 0.717) is 38.1 Å². The molecule has 0 spiro atoms. The van der Waals surface area contributed by atoms with Crippen LogP contribution in [0.1, 0.15) is 27.2 Å². The van der Waals surface area contributed by atoms with Crippen LogP contribution in [0.2, 0.25) is 0 Å². The molecule has 2 aromatic heterocycles. The Morgan fingerprint density at radius 3 is 2.82 bits per heavy atom. The number of carboxylic acid groups (broad SMARTS) is 1. The molecule has 0 bridgehead atoms. The predicted molar refractivity (Wildman–Crippen MR) is 131 cm³/mol. The van der Waals surface area contributed by atoms with Crippen LogP contribution >= 0.6 is 0 Å². The zero-order valence-electron chi connectivity index (χ0n) is 19.5. The summed E-state index contributed by atoms with van der Waals surface area (Å²) in [5.41, 5.74) is 14.3. The average molecular weight is 460 g/mol. The highest BCUT2D eigenvalue weighted by molar-refractivity contribution is 5.95. The van der Waals surface area contributed by atoms with Gasteiger partial charge in [0.25, 0.3) is 0 Å². The molecule has 4 heterocycles. The summed E-state index contributed by atoms with van der Waals surface area (Å²) in [5.74, 6) is -0.0143. The highest BCUT2D eigenvalue weighted by Crippen LogP contribution is 2.41. The molecule has 176 valence electrons. The molecule has 0 atom stereocenters. The summed E-state index contributed by atoms with van der Waals surface area (Å²) in [5, 5.41) is 13.4. The Kier molecular flexibility index (Phi) is 4.72. The number of carbonyl (C=O) groups is 1. The van der Waals surface area contributed by atoms with Crippen LogP contribution in [0.15, 0.2) is 30.5 Å². The molecular formula is C26H29N5O3. The lowest BCUT2D eigenvalue weighted by atomic mass is 9.85. The lowest BCUT2D eigenvalue weighted by Crippen LogP contribution is -2.67. The summed E-state index contributed by atoms with van der Waals surface area (Å²) in [6.45, 7) is 2.93.